The predicted octanol–water partition coefficient (Wildman–Crippen LogP) is 4.62. The molecule has 0 saturated carbocycles. The number of nitriles is 3. The second-order valence-corrected chi connectivity index (χ2v) is 8.31. The highest BCUT2D eigenvalue weighted by Gasteiger charge is 2.80. The minimum Gasteiger partial charge on any atom is -0.443 e. The Morgan fingerprint density at radius 2 is 1.68 bits per heavy atom. The lowest BCUT2D eigenvalue weighted by molar-refractivity contribution is -0.296. The second-order valence-electron chi connectivity index (χ2n) is 7.39. The quantitative estimate of drug-likeness (QED) is 0.732. The van der Waals surface area contributed by atoms with Crippen molar-refractivity contribution in [1.29, 1.82) is 21.2 Å². The fourth-order valence-corrected chi connectivity index (χ4v) is 5.00. The molecule has 2 aliphatic rings. The van der Waals surface area contributed by atoms with E-state index in [9.17, 15) is 15.8 Å². The molecule has 1 aromatic carbocycles. The fourth-order valence-electron chi connectivity index (χ4n) is 4.74. The highest BCUT2D eigenvalue weighted by molar-refractivity contribution is 9.10. The second kappa shape index (κ2) is 6.89. The normalized spacial score (nSPS) is 32.9. The largest absolute Gasteiger partial charge is 0.443 e. The van der Waals surface area contributed by atoms with Crippen molar-refractivity contribution < 1.29 is 9.47 Å². The van der Waals surface area contributed by atoms with E-state index in [4.69, 9.17) is 14.9 Å². The summed E-state index contributed by atoms with van der Waals surface area (Å²) in [5.74, 6) is -2.62. The van der Waals surface area contributed by atoms with Crippen molar-refractivity contribution in [2.24, 2.45) is 22.7 Å². The lowest BCUT2D eigenvalue weighted by Crippen LogP contribution is -2.62. The van der Waals surface area contributed by atoms with Gasteiger partial charge in [0.15, 0.2) is 10.8 Å². The molecular formula is C21H21BrN4O2. The van der Waals surface area contributed by atoms with Gasteiger partial charge in [-0.1, -0.05) is 61.7 Å². The molecule has 2 heterocycles. The standard InChI is InChI=1S/C21H21BrN4O2/c1-4-14(5-2)17-19(10-23,11-24)20(12-25)13(3)21(27-17,28-18(20)26)15-6-8-16(22)9-7-15/h6-9,13-14,17,26H,4-5H2,1-3H3. The average molecular weight is 441 g/mol. The Hall–Kier alpha value is -2.40. The SMILES string of the molecule is CCC(CC)C1OC2(c3ccc(Br)cc3)OC(=N)C(C#N)(C2C)C1(C#N)C#N. The van der Waals surface area contributed by atoms with E-state index >= 15 is 0 Å². The maximum Gasteiger partial charge on any atom is 0.243 e. The molecule has 4 atom stereocenters. The molecule has 28 heavy (non-hydrogen) atoms. The molecule has 7 heteroatoms. The van der Waals surface area contributed by atoms with Crippen LogP contribution in [0.25, 0.3) is 0 Å². The highest BCUT2D eigenvalue weighted by atomic mass is 79.9. The molecule has 2 saturated heterocycles. The van der Waals surface area contributed by atoms with Crippen LogP contribution in [0.4, 0.5) is 0 Å². The molecule has 6 nitrogen and oxygen atoms in total. The smallest absolute Gasteiger partial charge is 0.243 e. The van der Waals surface area contributed by atoms with Gasteiger partial charge in [-0.15, -0.1) is 0 Å². The Kier molecular flexibility index (Phi) is 5.00. The lowest BCUT2D eigenvalue weighted by atomic mass is 9.52. The maximum atomic E-state index is 10.2. The van der Waals surface area contributed by atoms with E-state index < -0.39 is 28.6 Å². The summed E-state index contributed by atoms with van der Waals surface area (Å²) in [6.07, 6.45) is 0.484. The number of halogens is 1. The number of ether oxygens (including phenoxy) is 2. The summed E-state index contributed by atoms with van der Waals surface area (Å²) in [6, 6.07) is 13.6. The molecule has 0 aliphatic carbocycles. The molecule has 144 valence electrons. The van der Waals surface area contributed by atoms with Crippen molar-refractivity contribution in [3.63, 3.8) is 0 Å². The summed E-state index contributed by atoms with van der Waals surface area (Å²) in [5, 5.41) is 39.0. The van der Waals surface area contributed by atoms with Gasteiger partial charge in [-0.05, 0) is 18.1 Å². The van der Waals surface area contributed by atoms with Gasteiger partial charge in [0.25, 0.3) is 0 Å². The number of rotatable bonds is 4. The average Bonchev–Trinajstić information content (AvgIpc) is 2.86. The number of nitrogens with one attached hydrogen (secondary N) is 1. The van der Waals surface area contributed by atoms with Crippen molar-refractivity contribution in [1.82, 2.24) is 0 Å². The molecule has 4 unspecified atom stereocenters. The van der Waals surface area contributed by atoms with Crippen molar-refractivity contribution in [2.45, 2.75) is 45.5 Å². The molecule has 1 aromatic rings. The summed E-state index contributed by atoms with van der Waals surface area (Å²) in [7, 11) is 0. The molecule has 1 N–H and O–H groups in total. The van der Waals surface area contributed by atoms with E-state index in [1.807, 2.05) is 38.1 Å². The number of benzene rings is 1. The van der Waals surface area contributed by atoms with Gasteiger partial charge in [-0.2, -0.15) is 15.8 Å². The van der Waals surface area contributed by atoms with Gasteiger partial charge >= 0.3 is 0 Å². The van der Waals surface area contributed by atoms with Crippen LogP contribution in [0.3, 0.4) is 0 Å². The number of nitrogens with zero attached hydrogens (tertiary/aromatic N) is 3. The molecule has 0 aromatic heterocycles. The third-order valence-electron chi connectivity index (χ3n) is 6.43. The molecule has 2 fully saturated rings. The first-order valence-corrected chi connectivity index (χ1v) is 10.1. The van der Waals surface area contributed by atoms with Crippen LogP contribution < -0.4 is 0 Å². The van der Waals surface area contributed by atoms with Crippen molar-refractivity contribution in [2.75, 3.05) is 0 Å². The summed E-state index contributed by atoms with van der Waals surface area (Å²) in [4.78, 5) is 0. The highest BCUT2D eigenvalue weighted by Crippen LogP contribution is 2.66. The van der Waals surface area contributed by atoms with Crippen molar-refractivity contribution >= 4 is 21.8 Å². The van der Waals surface area contributed by atoms with Crippen LogP contribution in [0.15, 0.2) is 28.7 Å². The third kappa shape index (κ3) is 2.23. The molecule has 0 radical (unpaired) electrons. The van der Waals surface area contributed by atoms with Crippen molar-refractivity contribution in [3.8, 4) is 18.2 Å². The van der Waals surface area contributed by atoms with E-state index in [0.29, 0.717) is 18.4 Å². The van der Waals surface area contributed by atoms with Crippen LogP contribution in [0.2, 0.25) is 0 Å². The maximum absolute atomic E-state index is 10.2. The van der Waals surface area contributed by atoms with Gasteiger partial charge < -0.3 is 9.47 Å². The van der Waals surface area contributed by atoms with E-state index in [1.165, 1.54) is 0 Å². The Morgan fingerprint density at radius 1 is 1.11 bits per heavy atom. The van der Waals surface area contributed by atoms with Gasteiger partial charge in [0, 0.05) is 10.0 Å². The zero-order valence-corrected chi connectivity index (χ0v) is 17.6. The summed E-state index contributed by atoms with van der Waals surface area (Å²) in [5.41, 5.74) is -2.88. The zero-order chi connectivity index (χ0) is 20.7. The van der Waals surface area contributed by atoms with Gasteiger partial charge in [-0.3, -0.25) is 5.41 Å². The summed E-state index contributed by atoms with van der Waals surface area (Å²) >= 11 is 3.41. The summed E-state index contributed by atoms with van der Waals surface area (Å²) < 4.78 is 13.3. The first kappa shape index (κ1) is 20.3. The van der Waals surface area contributed by atoms with Crippen LogP contribution in [0.5, 0.6) is 0 Å². The van der Waals surface area contributed by atoms with Crippen LogP contribution in [0.1, 0.15) is 39.2 Å². The van der Waals surface area contributed by atoms with E-state index in [1.54, 1.807) is 6.92 Å². The molecule has 0 spiro atoms. The first-order valence-electron chi connectivity index (χ1n) is 9.29. The van der Waals surface area contributed by atoms with E-state index in [-0.39, 0.29) is 11.8 Å². The number of hydrogen-bond acceptors (Lipinski definition) is 6. The minimum atomic E-state index is -1.83. The van der Waals surface area contributed by atoms with Crippen LogP contribution >= 0.6 is 15.9 Å². The van der Waals surface area contributed by atoms with E-state index in [0.717, 1.165) is 4.47 Å². The van der Waals surface area contributed by atoms with E-state index in [2.05, 4.69) is 34.1 Å². The number of fused-ring (bicyclic) bond motifs is 2. The van der Waals surface area contributed by atoms with Gasteiger partial charge in [0.2, 0.25) is 11.7 Å². The van der Waals surface area contributed by atoms with Crippen LogP contribution in [-0.4, -0.2) is 12.0 Å². The molecule has 0 amide bonds. The molecule has 2 bridgehead atoms. The van der Waals surface area contributed by atoms with Crippen LogP contribution in [0, 0.1) is 62.1 Å². The van der Waals surface area contributed by atoms with Crippen LogP contribution in [-0.2, 0) is 15.3 Å². The Balaban J connectivity index is 2.33. The summed E-state index contributed by atoms with van der Waals surface area (Å²) in [6.45, 7) is 5.66. The lowest BCUT2D eigenvalue weighted by Gasteiger charge is -2.50. The molecule has 2 aliphatic heterocycles. The Bertz CT molecular complexity index is 908. The van der Waals surface area contributed by atoms with Gasteiger partial charge in [0.05, 0.1) is 30.2 Å². The third-order valence-corrected chi connectivity index (χ3v) is 6.96. The molecule has 3 rings (SSSR count). The first-order chi connectivity index (χ1) is 13.3. The fraction of sp³-hybridized carbons (Fsp3) is 0.524. The minimum absolute atomic E-state index is 0.135. The Morgan fingerprint density at radius 3 is 2.14 bits per heavy atom. The number of hydrogen-bond donors (Lipinski definition) is 1. The predicted molar refractivity (Wildman–Crippen MR) is 104 cm³/mol. The van der Waals surface area contributed by atoms with Gasteiger partial charge in [0.1, 0.15) is 0 Å². The van der Waals surface area contributed by atoms with Crippen molar-refractivity contribution in [3.05, 3.63) is 34.3 Å². The molecular weight excluding hydrogens is 420 g/mol. The Labute approximate surface area is 173 Å². The topological polar surface area (TPSA) is 114 Å². The monoisotopic (exact) mass is 440 g/mol. The zero-order valence-electron chi connectivity index (χ0n) is 16.0. The van der Waals surface area contributed by atoms with Gasteiger partial charge in [-0.25, -0.2) is 0 Å².